The Morgan fingerprint density at radius 3 is 2.32 bits per heavy atom. The number of rotatable bonds is 12. The highest BCUT2D eigenvalue weighted by atomic mass is 32.1. The molecule has 3 N–H and O–H groups in total. The largest absolute Gasteiger partial charge is 0.491 e. The van der Waals surface area contributed by atoms with E-state index in [-0.39, 0.29) is 0 Å². The van der Waals surface area contributed by atoms with Crippen LogP contribution >= 0.6 is 12.2 Å². The van der Waals surface area contributed by atoms with Crippen molar-refractivity contribution in [2.75, 3.05) is 23.8 Å². The van der Waals surface area contributed by atoms with Gasteiger partial charge in [0.15, 0.2) is 5.11 Å². The van der Waals surface area contributed by atoms with Crippen molar-refractivity contribution in [3.8, 4) is 5.75 Å². The van der Waals surface area contributed by atoms with E-state index >= 15 is 0 Å². The SMILES string of the molecule is O=C(N=S)Nc1ccccc1OCCCCCCCCNC(=S)Nc1cccc2ccccc12. The summed E-state index contributed by atoms with van der Waals surface area (Å²) < 4.78 is 8.99. The zero-order valence-corrected chi connectivity index (χ0v) is 20.7. The van der Waals surface area contributed by atoms with E-state index in [1.807, 2.05) is 42.5 Å². The lowest BCUT2D eigenvalue weighted by Gasteiger charge is -2.12. The lowest BCUT2D eigenvalue weighted by Crippen LogP contribution is -2.29. The summed E-state index contributed by atoms with van der Waals surface area (Å²) in [5.74, 6) is 0.633. The number of thiocarbonyl (C=S) groups is 1. The van der Waals surface area contributed by atoms with Crippen LogP contribution in [0.1, 0.15) is 38.5 Å². The van der Waals surface area contributed by atoms with Crippen molar-refractivity contribution in [3.63, 3.8) is 0 Å². The van der Waals surface area contributed by atoms with E-state index in [1.165, 1.54) is 17.2 Å². The second-order valence-corrected chi connectivity index (χ2v) is 8.49. The first kappa shape index (κ1) is 25.5. The fraction of sp³-hybridized carbons (Fsp3) is 0.308. The second-order valence-electron chi connectivity index (χ2n) is 7.89. The Morgan fingerprint density at radius 2 is 1.47 bits per heavy atom. The summed E-state index contributed by atoms with van der Waals surface area (Å²) >= 11 is 9.86. The smallest absolute Gasteiger partial charge is 0.356 e. The molecule has 3 aromatic rings. The molecule has 0 radical (unpaired) electrons. The molecule has 0 aliphatic heterocycles. The number of nitrogens with zero attached hydrogens (tertiary/aromatic N) is 1. The van der Waals surface area contributed by atoms with Gasteiger partial charge >= 0.3 is 6.03 Å². The number of urea groups is 1. The van der Waals surface area contributed by atoms with Gasteiger partial charge in [-0.2, -0.15) is 0 Å². The van der Waals surface area contributed by atoms with Gasteiger partial charge in [-0.15, -0.1) is 4.36 Å². The van der Waals surface area contributed by atoms with Crippen LogP contribution in [0, 0.1) is 0 Å². The molecule has 0 spiro atoms. The number of ether oxygens (including phenoxy) is 1. The summed E-state index contributed by atoms with van der Waals surface area (Å²) in [5.41, 5.74) is 1.61. The number of unbranched alkanes of at least 4 members (excludes halogenated alkanes) is 5. The van der Waals surface area contributed by atoms with Crippen LogP contribution < -0.4 is 20.7 Å². The fourth-order valence-corrected chi connectivity index (χ4v) is 3.91. The lowest BCUT2D eigenvalue weighted by atomic mass is 10.1. The maximum atomic E-state index is 11.4. The van der Waals surface area contributed by atoms with Gasteiger partial charge in [-0.05, 0) is 48.6 Å². The summed E-state index contributed by atoms with van der Waals surface area (Å²) in [6.07, 6.45) is 6.64. The maximum Gasteiger partial charge on any atom is 0.356 e. The quantitative estimate of drug-likeness (QED) is 0.190. The molecule has 0 saturated carbocycles. The van der Waals surface area contributed by atoms with E-state index in [2.05, 4.69) is 50.9 Å². The molecular formula is C26H30N4O2S2. The molecule has 0 bridgehead atoms. The van der Waals surface area contributed by atoms with Crippen LogP contribution in [0.5, 0.6) is 5.75 Å². The highest BCUT2D eigenvalue weighted by Gasteiger charge is 2.06. The minimum absolute atomic E-state index is 0.564. The molecule has 0 aliphatic carbocycles. The third kappa shape index (κ3) is 8.35. The molecule has 8 heteroatoms. The van der Waals surface area contributed by atoms with Gasteiger partial charge in [0.1, 0.15) is 5.75 Å². The number of benzene rings is 3. The first-order valence-electron chi connectivity index (χ1n) is 11.6. The van der Waals surface area contributed by atoms with Gasteiger partial charge in [0.25, 0.3) is 0 Å². The van der Waals surface area contributed by atoms with Crippen LogP contribution in [0.4, 0.5) is 16.2 Å². The monoisotopic (exact) mass is 494 g/mol. The number of anilines is 2. The van der Waals surface area contributed by atoms with Crippen molar-refractivity contribution >= 4 is 57.9 Å². The summed E-state index contributed by atoms with van der Waals surface area (Å²) in [4.78, 5) is 11.4. The topological polar surface area (TPSA) is 74.8 Å². The number of hydrogen-bond donors (Lipinski definition) is 3. The summed E-state index contributed by atoms with van der Waals surface area (Å²) in [6.45, 7) is 1.46. The number of carbonyl (C=O) groups excluding carboxylic acids is 1. The number of nitrogens with one attached hydrogen (secondary N) is 3. The molecule has 3 aromatic carbocycles. The first-order valence-corrected chi connectivity index (χ1v) is 12.3. The molecule has 0 fully saturated rings. The number of fused-ring (bicyclic) bond motifs is 1. The van der Waals surface area contributed by atoms with E-state index in [0.29, 0.717) is 23.2 Å². The van der Waals surface area contributed by atoms with Crippen molar-refractivity contribution < 1.29 is 9.53 Å². The molecule has 34 heavy (non-hydrogen) atoms. The van der Waals surface area contributed by atoms with Gasteiger partial charge in [0, 0.05) is 30.0 Å². The fourth-order valence-electron chi connectivity index (χ4n) is 3.65. The highest BCUT2D eigenvalue weighted by Crippen LogP contribution is 2.24. The molecular weight excluding hydrogens is 464 g/mol. The van der Waals surface area contributed by atoms with Crippen LogP contribution in [-0.4, -0.2) is 24.3 Å². The van der Waals surface area contributed by atoms with Crippen LogP contribution in [0.15, 0.2) is 71.1 Å². The zero-order chi connectivity index (χ0) is 24.0. The van der Waals surface area contributed by atoms with E-state index in [4.69, 9.17) is 17.0 Å². The molecule has 0 aliphatic rings. The van der Waals surface area contributed by atoms with Crippen molar-refractivity contribution in [2.24, 2.45) is 4.36 Å². The lowest BCUT2D eigenvalue weighted by molar-refractivity contribution is 0.259. The Morgan fingerprint density at radius 1 is 0.794 bits per heavy atom. The van der Waals surface area contributed by atoms with Gasteiger partial charge in [-0.3, -0.25) is 0 Å². The third-order valence-electron chi connectivity index (χ3n) is 5.36. The second kappa shape index (κ2) is 14.2. The molecule has 3 rings (SSSR count). The van der Waals surface area contributed by atoms with E-state index < -0.39 is 6.03 Å². The molecule has 0 aromatic heterocycles. The van der Waals surface area contributed by atoms with E-state index in [9.17, 15) is 4.79 Å². The van der Waals surface area contributed by atoms with E-state index in [1.54, 1.807) is 6.07 Å². The molecule has 6 nitrogen and oxygen atoms in total. The molecule has 0 saturated heterocycles. The minimum atomic E-state index is -0.564. The van der Waals surface area contributed by atoms with Gasteiger partial charge in [0.2, 0.25) is 0 Å². The average molecular weight is 495 g/mol. The van der Waals surface area contributed by atoms with Gasteiger partial charge in [-0.1, -0.05) is 74.2 Å². The van der Waals surface area contributed by atoms with Crippen LogP contribution in [0.3, 0.4) is 0 Å². The summed E-state index contributed by atoms with van der Waals surface area (Å²) in [5, 5.41) is 12.3. The molecule has 0 heterocycles. The Kier molecular flexibility index (Phi) is 10.7. The van der Waals surface area contributed by atoms with Gasteiger partial charge < -0.3 is 20.7 Å². The third-order valence-corrected chi connectivity index (χ3v) is 5.78. The van der Waals surface area contributed by atoms with E-state index in [0.717, 1.165) is 44.3 Å². The number of para-hydroxylation sites is 2. The van der Waals surface area contributed by atoms with Gasteiger partial charge in [0.05, 0.1) is 12.3 Å². The maximum absolute atomic E-state index is 11.4. The predicted octanol–water partition coefficient (Wildman–Crippen LogP) is 6.81. The van der Waals surface area contributed by atoms with Crippen molar-refractivity contribution in [3.05, 3.63) is 66.7 Å². The predicted molar refractivity (Wildman–Crippen MR) is 147 cm³/mol. The first-order chi connectivity index (χ1) is 16.7. The Balaban J connectivity index is 1.23. The average Bonchev–Trinajstić information content (AvgIpc) is 2.86. The highest BCUT2D eigenvalue weighted by molar-refractivity contribution is 7.80. The Hall–Kier alpha value is -3.10. The standard InChI is InChI=1S/C26H30N4O2S2/c31-25(30-34)28-23-15-7-8-17-24(23)32-19-10-4-2-1-3-9-18-27-26(33)29-22-16-11-13-20-12-5-6-14-21(20)22/h5-8,11-17H,1-4,9-10,18-19H2,(H,28,31)(H2,27,29,33). The van der Waals surface area contributed by atoms with Crippen molar-refractivity contribution in [1.82, 2.24) is 5.32 Å². The molecule has 2 amide bonds. The van der Waals surface area contributed by atoms with Crippen LogP contribution in [0.25, 0.3) is 10.8 Å². The molecule has 178 valence electrons. The summed E-state index contributed by atoms with van der Waals surface area (Å²) in [6, 6.07) is 21.2. The van der Waals surface area contributed by atoms with Crippen molar-refractivity contribution in [1.29, 1.82) is 0 Å². The molecule has 0 atom stereocenters. The minimum Gasteiger partial charge on any atom is -0.491 e. The Bertz CT molecular complexity index is 1100. The van der Waals surface area contributed by atoms with Crippen molar-refractivity contribution in [2.45, 2.75) is 38.5 Å². The Labute approximate surface area is 211 Å². The molecule has 0 unspecified atom stereocenters. The normalized spacial score (nSPS) is 10.5. The van der Waals surface area contributed by atoms with Gasteiger partial charge in [-0.25, -0.2) is 4.79 Å². The number of amides is 2. The number of hydrogen-bond acceptors (Lipinski definition) is 4. The van der Waals surface area contributed by atoms with Crippen LogP contribution in [-0.2, 0) is 12.4 Å². The zero-order valence-electron chi connectivity index (χ0n) is 19.1. The van der Waals surface area contributed by atoms with Crippen LogP contribution in [0.2, 0.25) is 0 Å². The summed E-state index contributed by atoms with van der Waals surface area (Å²) in [7, 11) is 0. The number of carbonyl (C=O) groups is 1.